The maximum Gasteiger partial charge on any atom is 0.261 e. The molecule has 0 aliphatic rings. The van der Waals surface area contributed by atoms with Crippen LogP contribution in [0.2, 0.25) is 0 Å². The molecule has 0 aliphatic heterocycles. The van der Waals surface area contributed by atoms with Crippen molar-refractivity contribution in [3.63, 3.8) is 0 Å². The molecule has 3 aromatic carbocycles. The summed E-state index contributed by atoms with van der Waals surface area (Å²) in [4.78, 5) is 28.3. The number of hydrogen-bond donors (Lipinski definition) is 0. The van der Waals surface area contributed by atoms with Crippen molar-refractivity contribution < 1.29 is 13.6 Å². The van der Waals surface area contributed by atoms with Crippen molar-refractivity contribution in [2.24, 2.45) is 0 Å². The van der Waals surface area contributed by atoms with Gasteiger partial charge in [-0.05, 0) is 41.0 Å². The van der Waals surface area contributed by atoms with E-state index in [9.17, 15) is 9.59 Å². The Hall–Kier alpha value is -4.38. The Balaban J connectivity index is 1.55. The number of furan rings is 1. The summed E-state index contributed by atoms with van der Waals surface area (Å²) in [6.07, 6.45) is 2.82. The van der Waals surface area contributed by atoms with E-state index in [1.165, 1.54) is 6.26 Å². The molecule has 2 heterocycles. The Labute approximate surface area is 190 Å². The van der Waals surface area contributed by atoms with E-state index >= 15 is 0 Å². The van der Waals surface area contributed by atoms with Gasteiger partial charge >= 0.3 is 0 Å². The lowest BCUT2D eigenvalue weighted by atomic mass is 9.99. The van der Waals surface area contributed by atoms with Crippen LogP contribution in [0.25, 0.3) is 22.1 Å². The molecule has 1 amide bonds. The number of nitrogens with zero attached hydrogens (tertiary/aromatic N) is 1. The van der Waals surface area contributed by atoms with Crippen LogP contribution < -0.4 is 5.43 Å². The maximum atomic E-state index is 13.6. The number of para-hydroxylation sites is 1. The van der Waals surface area contributed by atoms with Crippen LogP contribution in [-0.4, -0.2) is 10.8 Å². The van der Waals surface area contributed by atoms with Gasteiger partial charge in [0.15, 0.2) is 0 Å². The molecule has 0 saturated carbocycles. The molecule has 33 heavy (non-hydrogen) atoms. The second-order valence-corrected chi connectivity index (χ2v) is 7.74. The van der Waals surface area contributed by atoms with E-state index in [1.54, 1.807) is 41.5 Å². The van der Waals surface area contributed by atoms with Gasteiger partial charge in [0.05, 0.1) is 18.2 Å². The van der Waals surface area contributed by atoms with E-state index in [2.05, 4.69) is 0 Å². The number of benzene rings is 3. The van der Waals surface area contributed by atoms with Gasteiger partial charge in [-0.1, -0.05) is 66.7 Å². The minimum atomic E-state index is -0.409. The topological polar surface area (TPSA) is 63.7 Å². The monoisotopic (exact) mass is 435 g/mol. The molecule has 5 rings (SSSR count). The molecule has 0 atom stereocenters. The van der Waals surface area contributed by atoms with E-state index in [0.29, 0.717) is 23.3 Å². The summed E-state index contributed by atoms with van der Waals surface area (Å²) in [5.41, 5.74) is 3.16. The lowest BCUT2D eigenvalue weighted by Gasteiger charge is -2.23. The second kappa shape index (κ2) is 9.01. The summed E-state index contributed by atoms with van der Waals surface area (Å²) in [6.45, 7) is 0.526. The molecule has 0 bridgehead atoms. The number of carbonyl (C=O) groups excluding carboxylic acids is 1. The number of fused-ring (bicyclic) bond motifs is 1. The molecule has 0 N–H and O–H groups in total. The third-order valence-electron chi connectivity index (χ3n) is 5.59. The zero-order valence-corrected chi connectivity index (χ0v) is 17.8. The molecule has 162 valence electrons. The molecule has 5 heteroatoms. The van der Waals surface area contributed by atoms with Crippen LogP contribution >= 0.6 is 0 Å². The van der Waals surface area contributed by atoms with Gasteiger partial charge in [-0.15, -0.1) is 0 Å². The molecule has 5 nitrogen and oxygen atoms in total. The zero-order valence-electron chi connectivity index (χ0n) is 17.8. The Kier molecular flexibility index (Phi) is 5.60. The van der Waals surface area contributed by atoms with E-state index in [0.717, 1.165) is 16.7 Å². The minimum Gasteiger partial charge on any atom is -0.467 e. The summed E-state index contributed by atoms with van der Waals surface area (Å²) in [7, 11) is 0. The van der Waals surface area contributed by atoms with Crippen molar-refractivity contribution in [3.8, 4) is 11.1 Å². The van der Waals surface area contributed by atoms with Crippen molar-refractivity contribution in [2.75, 3.05) is 0 Å². The van der Waals surface area contributed by atoms with Crippen molar-refractivity contribution in [1.29, 1.82) is 0 Å². The van der Waals surface area contributed by atoms with Crippen molar-refractivity contribution >= 4 is 16.9 Å². The van der Waals surface area contributed by atoms with Gasteiger partial charge in [-0.3, -0.25) is 9.59 Å². The smallest absolute Gasteiger partial charge is 0.261 e. The first kappa shape index (κ1) is 20.5. The molecule has 0 spiro atoms. The van der Waals surface area contributed by atoms with Crippen molar-refractivity contribution in [1.82, 2.24) is 4.90 Å². The van der Waals surface area contributed by atoms with Gasteiger partial charge in [0.1, 0.15) is 23.2 Å². The summed E-state index contributed by atoms with van der Waals surface area (Å²) in [6, 6.07) is 28.5. The first-order chi connectivity index (χ1) is 16.2. The first-order valence-electron chi connectivity index (χ1n) is 10.7. The lowest BCUT2D eigenvalue weighted by Crippen LogP contribution is -2.33. The highest BCUT2D eigenvalue weighted by molar-refractivity contribution is 5.96. The van der Waals surface area contributed by atoms with Gasteiger partial charge in [0, 0.05) is 6.54 Å². The fraction of sp³-hybridized carbons (Fsp3) is 0.0714. The van der Waals surface area contributed by atoms with Crippen LogP contribution in [-0.2, 0) is 13.1 Å². The molecular formula is C28H21NO4. The van der Waals surface area contributed by atoms with Crippen LogP contribution in [0.1, 0.15) is 21.7 Å². The third kappa shape index (κ3) is 4.21. The summed E-state index contributed by atoms with van der Waals surface area (Å²) < 4.78 is 11.1. The number of rotatable bonds is 6. The van der Waals surface area contributed by atoms with Crippen LogP contribution in [0.15, 0.2) is 117 Å². The Bertz CT molecular complexity index is 1450. The average molecular weight is 435 g/mol. The lowest BCUT2D eigenvalue weighted by molar-refractivity contribution is 0.0714. The summed E-state index contributed by atoms with van der Waals surface area (Å²) in [5, 5.41) is 0.381. The molecule has 0 aliphatic carbocycles. The molecule has 2 aromatic heterocycles. The van der Waals surface area contributed by atoms with Gasteiger partial charge < -0.3 is 13.7 Å². The Morgan fingerprint density at radius 1 is 0.758 bits per heavy atom. The largest absolute Gasteiger partial charge is 0.467 e. The van der Waals surface area contributed by atoms with Gasteiger partial charge in [-0.25, -0.2) is 0 Å². The van der Waals surface area contributed by atoms with E-state index in [-0.39, 0.29) is 17.5 Å². The number of amides is 1. The summed E-state index contributed by atoms with van der Waals surface area (Å²) in [5.74, 6) is 0.222. The molecule has 0 unspecified atom stereocenters. The third-order valence-corrected chi connectivity index (χ3v) is 5.59. The Morgan fingerprint density at radius 3 is 2.33 bits per heavy atom. The SMILES string of the molecule is O=C(c1coc2ccccc2c1=O)N(Cc1ccco1)Cc1ccccc1-c1ccccc1. The highest BCUT2D eigenvalue weighted by Gasteiger charge is 2.23. The maximum absolute atomic E-state index is 13.6. The van der Waals surface area contributed by atoms with Crippen molar-refractivity contribution in [2.45, 2.75) is 13.1 Å². The van der Waals surface area contributed by atoms with Gasteiger partial charge in [-0.2, -0.15) is 0 Å². The highest BCUT2D eigenvalue weighted by atomic mass is 16.3. The van der Waals surface area contributed by atoms with E-state index in [1.807, 2.05) is 60.7 Å². The fourth-order valence-corrected chi connectivity index (χ4v) is 3.95. The second-order valence-electron chi connectivity index (χ2n) is 7.74. The van der Waals surface area contributed by atoms with E-state index in [4.69, 9.17) is 8.83 Å². The summed E-state index contributed by atoms with van der Waals surface area (Å²) >= 11 is 0. The van der Waals surface area contributed by atoms with Gasteiger partial charge in [0.2, 0.25) is 5.43 Å². The van der Waals surface area contributed by atoms with Crippen LogP contribution in [0.3, 0.4) is 0 Å². The molecule has 0 fully saturated rings. The molecular weight excluding hydrogens is 414 g/mol. The number of carbonyl (C=O) groups is 1. The van der Waals surface area contributed by atoms with E-state index < -0.39 is 5.91 Å². The average Bonchev–Trinajstić information content (AvgIpc) is 3.38. The minimum absolute atomic E-state index is 0.00236. The molecule has 0 radical (unpaired) electrons. The van der Waals surface area contributed by atoms with Crippen LogP contribution in [0.5, 0.6) is 0 Å². The van der Waals surface area contributed by atoms with Crippen LogP contribution in [0.4, 0.5) is 0 Å². The molecule has 0 saturated heterocycles. The predicted molar refractivity (Wildman–Crippen MR) is 127 cm³/mol. The fourth-order valence-electron chi connectivity index (χ4n) is 3.95. The molecule has 5 aromatic rings. The normalized spacial score (nSPS) is 10.9. The number of hydrogen-bond acceptors (Lipinski definition) is 4. The Morgan fingerprint density at radius 2 is 1.52 bits per heavy atom. The zero-order chi connectivity index (χ0) is 22.6. The van der Waals surface area contributed by atoms with Crippen LogP contribution in [0, 0.1) is 0 Å². The van der Waals surface area contributed by atoms with Crippen molar-refractivity contribution in [3.05, 3.63) is 131 Å². The predicted octanol–water partition coefficient (Wildman–Crippen LogP) is 5.90. The van der Waals surface area contributed by atoms with Gasteiger partial charge in [0.25, 0.3) is 5.91 Å². The quantitative estimate of drug-likeness (QED) is 0.333. The standard InChI is InChI=1S/C28H21NO4/c30-27-24-14-6-7-15-26(24)33-19-25(27)28(31)29(18-22-12-8-16-32-22)17-21-11-4-5-13-23(21)20-9-2-1-3-10-20/h1-16,19H,17-18H2. The first-order valence-corrected chi connectivity index (χ1v) is 10.7. The highest BCUT2D eigenvalue weighted by Crippen LogP contribution is 2.26.